The first-order valence-corrected chi connectivity index (χ1v) is 5.25. The number of H-pyrrole nitrogens is 1. The fourth-order valence-electron chi connectivity index (χ4n) is 1.55. The van der Waals surface area contributed by atoms with Crippen molar-refractivity contribution in [1.82, 2.24) is 20.3 Å². The highest BCUT2D eigenvalue weighted by Crippen LogP contribution is 2.39. The molecule has 0 radical (unpaired) electrons. The Labute approximate surface area is 86.9 Å². The van der Waals surface area contributed by atoms with Crippen molar-refractivity contribution in [1.29, 1.82) is 0 Å². The standard InChI is InChI=1S/C10H12N4O/c1-2-9-11-10(15-14-9)8-5-7(12-13-8)6-3-4-6/h5-6H,2-4H2,1H3,(H,12,13). The summed E-state index contributed by atoms with van der Waals surface area (Å²) in [4.78, 5) is 4.23. The Hall–Kier alpha value is -1.65. The summed E-state index contributed by atoms with van der Waals surface area (Å²) in [5.41, 5.74) is 1.94. The molecule has 0 spiro atoms. The second-order valence-corrected chi connectivity index (χ2v) is 3.85. The molecule has 1 aliphatic rings. The van der Waals surface area contributed by atoms with Crippen molar-refractivity contribution < 1.29 is 4.52 Å². The zero-order valence-electron chi connectivity index (χ0n) is 8.53. The molecular weight excluding hydrogens is 192 g/mol. The second-order valence-electron chi connectivity index (χ2n) is 3.85. The third-order valence-electron chi connectivity index (χ3n) is 2.62. The molecular formula is C10H12N4O. The minimum atomic E-state index is 0.509. The van der Waals surface area contributed by atoms with Gasteiger partial charge < -0.3 is 4.52 Å². The second kappa shape index (κ2) is 3.18. The summed E-state index contributed by atoms with van der Waals surface area (Å²) in [6.45, 7) is 1.99. The molecule has 2 heterocycles. The Kier molecular flexibility index (Phi) is 1.83. The van der Waals surface area contributed by atoms with Crippen LogP contribution in [0.15, 0.2) is 10.6 Å². The third kappa shape index (κ3) is 1.54. The Morgan fingerprint density at radius 1 is 1.53 bits per heavy atom. The quantitative estimate of drug-likeness (QED) is 0.829. The number of nitrogens with one attached hydrogen (secondary N) is 1. The maximum Gasteiger partial charge on any atom is 0.278 e. The number of rotatable bonds is 3. The lowest BCUT2D eigenvalue weighted by Crippen LogP contribution is -1.82. The van der Waals surface area contributed by atoms with Gasteiger partial charge in [-0.1, -0.05) is 12.1 Å². The van der Waals surface area contributed by atoms with Gasteiger partial charge in [0, 0.05) is 18.0 Å². The number of aromatic nitrogens is 4. The molecule has 1 saturated carbocycles. The highest BCUT2D eigenvalue weighted by molar-refractivity contribution is 5.47. The van der Waals surface area contributed by atoms with E-state index in [2.05, 4.69) is 20.3 Å². The maximum absolute atomic E-state index is 5.11. The van der Waals surface area contributed by atoms with Gasteiger partial charge in [-0.15, -0.1) is 0 Å². The van der Waals surface area contributed by atoms with E-state index < -0.39 is 0 Å². The molecule has 5 heteroatoms. The monoisotopic (exact) mass is 204 g/mol. The molecule has 0 aromatic carbocycles. The molecule has 2 aromatic rings. The minimum absolute atomic E-state index is 0.509. The van der Waals surface area contributed by atoms with Crippen LogP contribution in [-0.4, -0.2) is 20.3 Å². The predicted octanol–water partition coefficient (Wildman–Crippen LogP) is 1.90. The summed E-state index contributed by atoms with van der Waals surface area (Å²) in [5, 5.41) is 11.0. The normalized spacial score (nSPS) is 15.8. The average Bonchev–Trinajstić information content (AvgIpc) is 2.84. The Bertz CT molecular complexity index is 469. The molecule has 3 rings (SSSR count). The van der Waals surface area contributed by atoms with Gasteiger partial charge >= 0.3 is 0 Å². The molecule has 15 heavy (non-hydrogen) atoms. The fourth-order valence-corrected chi connectivity index (χ4v) is 1.55. The van der Waals surface area contributed by atoms with Crippen molar-refractivity contribution in [2.75, 3.05) is 0 Å². The SMILES string of the molecule is CCc1noc(-c2cc(C3CC3)[nH]n2)n1. The fraction of sp³-hybridized carbons (Fsp3) is 0.500. The molecule has 0 atom stereocenters. The van der Waals surface area contributed by atoms with Crippen LogP contribution in [0.5, 0.6) is 0 Å². The van der Waals surface area contributed by atoms with Gasteiger partial charge in [-0.25, -0.2) is 0 Å². The highest BCUT2D eigenvalue weighted by Gasteiger charge is 2.26. The molecule has 0 amide bonds. The van der Waals surface area contributed by atoms with Gasteiger partial charge in [-0.05, 0) is 18.9 Å². The summed E-state index contributed by atoms with van der Waals surface area (Å²) < 4.78 is 5.11. The van der Waals surface area contributed by atoms with Gasteiger partial charge in [0.1, 0.15) is 0 Å². The van der Waals surface area contributed by atoms with E-state index in [1.54, 1.807) is 0 Å². The lowest BCUT2D eigenvalue weighted by atomic mass is 10.3. The predicted molar refractivity (Wildman–Crippen MR) is 53.2 cm³/mol. The number of nitrogens with zero attached hydrogens (tertiary/aromatic N) is 3. The first-order valence-electron chi connectivity index (χ1n) is 5.25. The molecule has 78 valence electrons. The van der Waals surface area contributed by atoms with Gasteiger partial charge in [0.2, 0.25) is 0 Å². The molecule has 1 N–H and O–H groups in total. The summed E-state index contributed by atoms with van der Waals surface area (Å²) in [7, 11) is 0. The van der Waals surface area contributed by atoms with Crippen LogP contribution in [0.25, 0.3) is 11.6 Å². The summed E-state index contributed by atoms with van der Waals surface area (Å²) in [6, 6.07) is 2.00. The molecule has 2 aromatic heterocycles. The van der Waals surface area contributed by atoms with Crippen molar-refractivity contribution in [3.8, 4) is 11.6 Å². The van der Waals surface area contributed by atoms with E-state index in [0.29, 0.717) is 11.8 Å². The average molecular weight is 204 g/mol. The molecule has 0 bridgehead atoms. The maximum atomic E-state index is 5.11. The van der Waals surface area contributed by atoms with E-state index in [4.69, 9.17) is 4.52 Å². The van der Waals surface area contributed by atoms with E-state index in [-0.39, 0.29) is 0 Å². The summed E-state index contributed by atoms with van der Waals surface area (Å²) in [5.74, 6) is 1.90. The largest absolute Gasteiger partial charge is 0.332 e. The Morgan fingerprint density at radius 2 is 2.40 bits per heavy atom. The van der Waals surface area contributed by atoms with Crippen LogP contribution >= 0.6 is 0 Å². The van der Waals surface area contributed by atoms with E-state index in [0.717, 1.165) is 17.9 Å². The molecule has 1 fully saturated rings. The van der Waals surface area contributed by atoms with Gasteiger partial charge in [-0.2, -0.15) is 10.1 Å². The molecule has 1 aliphatic carbocycles. The lowest BCUT2D eigenvalue weighted by Gasteiger charge is -1.84. The smallest absolute Gasteiger partial charge is 0.278 e. The Morgan fingerprint density at radius 3 is 3.07 bits per heavy atom. The number of aromatic amines is 1. The van der Waals surface area contributed by atoms with Gasteiger partial charge in [0.25, 0.3) is 5.89 Å². The van der Waals surface area contributed by atoms with E-state index >= 15 is 0 Å². The van der Waals surface area contributed by atoms with Gasteiger partial charge in [-0.3, -0.25) is 5.10 Å². The van der Waals surface area contributed by atoms with Crippen LogP contribution in [-0.2, 0) is 6.42 Å². The van der Waals surface area contributed by atoms with Crippen molar-refractivity contribution in [2.45, 2.75) is 32.1 Å². The number of aryl methyl sites for hydroxylation is 1. The topological polar surface area (TPSA) is 67.6 Å². The minimum Gasteiger partial charge on any atom is -0.332 e. The van der Waals surface area contributed by atoms with Crippen molar-refractivity contribution in [2.24, 2.45) is 0 Å². The molecule has 0 unspecified atom stereocenters. The number of hydrogen-bond donors (Lipinski definition) is 1. The van der Waals surface area contributed by atoms with Crippen molar-refractivity contribution in [3.63, 3.8) is 0 Å². The van der Waals surface area contributed by atoms with Crippen LogP contribution in [0, 0.1) is 0 Å². The van der Waals surface area contributed by atoms with E-state index in [1.165, 1.54) is 18.5 Å². The molecule has 0 saturated heterocycles. The van der Waals surface area contributed by atoms with Gasteiger partial charge in [0.15, 0.2) is 11.5 Å². The van der Waals surface area contributed by atoms with Crippen molar-refractivity contribution in [3.05, 3.63) is 17.6 Å². The van der Waals surface area contributed by atoms with Crippen molar-refractivity contribution >= 4 is 0 Å². The third-order valence-corrected chi connectivity index (χ3v) is 2.62. The number of hydrogen-bond acceptors (Lipinski definition) is 4. The summed E-state index contributed by atoms with van der Waals surface area (Å²) in [6.07, 6.45) is 3.29. The van der Waals surface area contributed by atoms with E-state index in [1.807, 2.05) is 13.0 Å². The van der Waals surface area contributed by atoms with Gasteiger partial charge in [0.05, 0.1) is 0 Å². The van der Waals surface area contributed by atoms with Crippen LogP contribution in [0.2, 0.25) is 0 Å². The molecule has 5 nitrogen and oxygen atoms in total. The Balaban J connectivity index is 1.90. The van der Waals surface area contributed by atoms with Crippen LogP contribution in [0.1, 0.15) is 37.2 Å². The summed E-state index contributed by atoms with van der Waals surface area (Å²) >= 11 is 0. The van der Waals surface area contributed by atoms with Crippen LogP contribution in [0.4, 0.5) is 0 Å². The van der Waals surface area contributed by atoms with E-state index in [9.17, 15) is 0 Å². The van der Waals surface area contributed by atoms with Crippen LogP contribution in [0.3, 0.4) is 0 Å². The zero-order valence-corrected chi connectivity index (χ0v) is 8.53. The highest BCUT2D eigenvalue weighted by atomic mass is 16.5. The zero-order chi connectivity index (χ0) is 10.3. The lowest BCUT2D eigenvalue weighted by molar-refractivity contribution is 0.422. The van der Waals surface area contributed by atoms with Crippen LogP contribution < -0.4 is 0 Å². The molecule has 0 aliphatic heterocycles. The first kappa shape index (κ1) is 8.64. The first-order chi connectivity index (χ1) is 7.36.